The number of nitrogens with one attached hydrogen (secondary N) is 1. The molecule has 0 spiro atoms. The van der Waals surface area contributed by atoms with Gasteiger partial charge in [0.2, 0.25) is 0 Å². The summed E-state index contributed by atoms with van der Waals surface area (Å²) in [5, 5.41) is 31.6. The molecule has 0 bridgehead atoms. The van der Waals surface area contributed by atoms with Gasteiger partial charge in [0.1, 0.15) is 18.5 Å². The van der Waals surface area contributed by atoms with Crippen LogP contribution in [-0.4, -0.2) is 65.4 Å². The van der Waals surface area contributed by atoms with E-state index >= 15 is 0 Å². The van der Waals surface area contributed by atoms with Crippen LogP contribution >= 0.6 is 0 Å². The number of anilines is 1. The summed E-state index contributed by atoms with van der Waals surface area (Å²) in [5.74, 6) is -3.53. The van der Waals surface area contributed by atoms with Crippen molar-refractivity contribution in [2.75, 3.05) is 11.9 Å². The number of fused-ring (bicyclic) bond motifs is 1. The molecule has 4 rings (SSSR count). The van der Waals surface area contributed by atoms with Crippen molar-refractivity contribution in [1.82, 2.24) is 19.5 Å². The minimum Gasteiger partial charge on any atom is -0.394 e. The number of rotatable bonds is 4. The van der Waals surface area contributed by atoms with Gasteiger partial charge in [0.15, 0.2) is 23.2 Å². The van der Waals surface area contributed by atoms with Crippen molar-refractivity contribution in [3.63, 3.8) is 0 Å². The minimum absolute atomic E-state index is 0.0604. The highest BCUT2D eigenvalue weighted by molar-refractivity contribution is 6.06. The van der Waals surface area contributed by atoms with Crippen molar-refractivity contribution in [2.24, 2.45) is 0 Å². The normalized spacial score (nSPS) is 27.2. The second-order valence-electron chi connectivity index (χ2n) is 6.25. The molecule has 2 aromatic heterocycles. The molecule has 1 saturated heterocycles. The van der Waals surface area contributed by atoms with Crippen molar-refractivity contribution >= 4 is 22.9 Å². The number of nitrogens with zero attached hydrogens (tertiary/aromatic N) is 4. The van der Waals surface area contributed by atoms with Gasteiger partial charge in [-0.05, 0) is 12.1 Å². The smallest absolute Gasteiger partial charge is 0.281 e. The molecule has 10 nitrogen and oxygen atoms in total. The molecule has 0 radical (unpaired) electrons. The average molecular weight is 389 g/mol. The number of benzene rings is 1. The number of alkyl halides is 1. The molecular weight excluding hydrogens is 373 g/mol. The first-order chi connectivity index (χ1) is 13.4. The van der Waals surface area contributed by atoms with Crippen molar-refractivity contribution in [1.29, 1.82) is 0 Å². The molecule has 1 fully saturated rings. The molecule has 1 unspecified atom stereocenters. The largest absolute Gasteiger partial charge is 0.394 e. The van der Waals surface area contributed by atoms with Crippen LogP contribution in [0.4, 0.5) is 10.2 Å². The van der Waals surface area contributed by atoms with E-state index in [0.29, 0.717) is 5.56 Å². The van der Waals surface area contributed by atoms with E-state index in [0.717, 1.165) is 17.2 Å². The zero-order valence-electron chi connectivity index (χ0n) is 14.3. The molecule has 4 atom stereocenters. The van der Waals surface area contributed by atoms with E-state index < -0.39 is 36.8 Å². The Morgan fingerprint density at radius 1 is 1.29 bits per heavy atom. The van der Waals surface area contributed by atoms with Crippen molar-refractivity contribution in [3.05, 3.63) is 48.5 Å². The van der Waals surface area contributed by atoms with Crippen molar-refractivity contribution in [3.8, 4) is 0 Å². The van der Waals surface area contributed by atoms with Gasteiger partial charge >= 0.3 is 0 Å². The fraction of sp³-hybridized carbons (Fsp3) is 0.294. The molecule has 1 aliphatic rings. The molecule has 1 aliphatic heterocycles. The van der Waals surface area contributed by atoms with Crippen LogP contribution in [0.3, 0.4) is 0 Å². The maximum atomic E-state index is 14.6. The molecule has 28 heavy (non-hydrogen) atoms. The number of hydrogen-bond donors (Lipinski definition) is 4. The van der Waals surface area contributed by atoms with Crippen LogP contribution in [0, 0.1) is 0 Å². The van der Waals surface area contributed by atoms with Crippen molar-refractivity contribution < 1.29 is 29.2 Å². The Bertz CT molecular complexity index is 1010. The number of amides is 1. The molecule has 0 saturated carbocycles. The van der Waals surface area contributed by atoms with Gasteiger partial charge in [-0.25, -0.2) is 19.3 Å². The fourth-order valence-electron chi connectivity index (χ4n) is 3.03. The Hall–Kier alpha value is -2.99. The number of halogens is 1. The molecule has 3 aromatic rings. The highest BCUT2D eigenvalue weighted by atomic mass is 19.2. The van der Waals surface area contributed by atoms with E-state index in [-0.39, 0.29) is 17.0 Å². The summed E-state index contributed by atoms with van der Waals surface area (Å²) < 4.78 is 20.9. The van der Waals surface area contributed by atoms with Gasteiger partial charge in [0.05, 0.1) is 12.9 Å². The van der Waals surface area contributed by atoms with Gasteiger partial charge in [-0.3, -0.25) is 9.36 Å². The van der Waals surface area contributed by atoms with Gasteiger partial charge in [-0.2, -0.15) is 0 Å². The topological polar surface area (TPSA) is 143 Å². The Morgan fingerprint density at radius 2 is 2.04 bits per heavy atom. The zero-order chi connectivity index (χ0) is 19.9. The number of carbonyl (C=O) groups excluding carboxylic acids is 1. The predicted molar refractivity (Wildman–Crippen MR) is 92.8 cm³/mol. The third-order valence-corrected chi connectivity index (χ3v) is 4.48. The molecule has 4 N–H and O–H groups in total. The Labute approximate surface area is 157 Å². The fourth-order valence-corrected chi connectivity index (χ4v) is 3.03. The Morgan fingerprint density at radius 3 is 2.71 bits per heavy atom. The van der Waals surface area contributed by atoms with Crippen LogP contribution in [0.2, 0.25) is 0 Å². The maximum Gasteiger partial charge on any atom is 0.281 e. The van der Waals surface area contributed by atoms with E-state index in [9.17, 15) is 24.5 Å². The second-order valence-corrected chi connectivity index (χ2v) is 6.25. The van der Waals surface area contributed by atoms with E-state index in [2.05, 4.69) is 20.3 Å². The molecule has 146 valence electrons. The highest BCUT2D eigenvalue weighted by Crippen LogP contribution is 2.40. The lowest BCUT2D eigenvalue weighted by atomic mass is 10.1. The quantitative estimate of drug-likeness (QED) is 0.488. The summed E-state index contributed by atoms with van der Waals surface area (Å²) in [6.07, 6.45) is -2.71. The Balaban J connectivity index is 1.69. The van der Waals surface area contributed by atoms with E-state index in [1.54, 1.807) is 30.3 Å². The molecule has 0 aliphatic carbocycles. The molecule has 1 aromatic carbocycles. The van der Waals surface area contributed by atoms with Gasteiger partial charge in [0, 0.05) is 5.56 Å². The van der Waals surface area contributed by atoms with Crippen LogP contribution in [0.5, 0.6) is 0 Å². The van der Waals surface area contributed by atoms with Crippen LogP contribution < -0.4 is 5.32 Å². The lowest BCUT2D eigenvalue weighted by Crippen LogP contribution is -2.43. The summed E-state index contributed by atoms with van der Waals surface area (Å²) in [7, 11) is 0. The van der Waals surface area contributed by atoms with E-state index in [1.807, 2.05) is 0 Å². The molecular formula is C17H16FN5O5. The summed E-state index contributed by atoms with van der Waals surface area (Å²) in [4.78, 5) is 24.4. The first-order valence-corrected chi connectivity index (χ1v) is 8.33. The summed E-state index contributed by atoms with van der Waals surface area (Å²) in [5.41, 5.74) is 0.596. The number of hydrogen-bond acceptors (Lipinski definition) is 8. The first-order valence-electron chi connectivity index (χ1n) is 8.33. The van der Waals surface area contributed by atoms with Crippen LogP contribution in [0.15, 0.2) is 43.0 Å². The molecule has 3 heterocycles. The van der Waals surface area contributed by atoms with Crippen LogP contribution in [0.25, 0.3) is 11.2 Å². The van der Waals surface area contributed by atoms with Gasteiger partial charge in [-0.1, -0.05) is 18.2 Å². The third-order valence-electron chi connectivity index (χ3n) is 4.48. The van der Waals surface area contributed by atoms with Crippen LogP contribution in [-0.2, 0) is 4.74 Å². The zero-order valence-corrected chi connectivity index (χ0v) is 14.3. The SMILES string of the molecule is O=C(Nc1ncnc2c1ncn2C1O[C@H](CO)[C@@H](O)[C@]1(O)F)c1ccccc1. The highest BCUT2D eigenvalue weighted by Gasteiger charge is 2.57. The van der Waals surface area contributed by atoms with Gasteiger partial charge in [0.25, 0.3) is 11.8 Å². The number of ether oxygens (including phenoxy) is 1. The molecule has 11 heteroatoms. The summed E-state index contributed by atoms with van der Waals surface area (Å²) >= 11 is 0. The standard InChI is InChI=1S/C17H16FN5O5/c18-17(27)12(25)10(6-24)28-16(17)23-8-21-11-13(19-7-20-14(11)23)22-15(26)9-4-2-1-3-5-9/h1-5,7-8,10,12,16,24-25,27H,6H2,(H,19,20,22,26)/t10-,12-,16?,17-/m1/s1. The predicted octanol–water partition coefficient (Wildman–Crippen LogP) is -0.0127. The average Bonchev–Trinajstić information content (AvgIpc) is 3.22. The first kappa shape index (κ1) is 18.4. The number of aromatic nitrogens is 4. The van der Waals surface area contributed by atoms with Crippen LogP contribution in [0.1, 0.15) is 16.6 Å². The van der Waals surface area contributed by atoms with Gasteiger partial charge in [-0.15, -0.1) is 0 Å². The number of carbonyl (C=O) groups is 1. The second kappa shape index (κ2) is 6.87. The summed E-state index contributed by atoms with van der Waals surface area (Å²) in [6, 6.07) is 8.44. The van der Waals surface area contributed by atoms with Gasteiger partial charge < -0.3 is 25.4 Å². The minimum atomic E-state index is -3.18. The lowest BCUT2D eigenvalue weighted by molar-refractivity contribution is -0.195. The number of imidazole rings is 1. The number of aliphatic hydroxyl groups is 3. The van der Waals surface area contributed by atoms with E-state index in [1.165, 1.54) is 0 Å². The Kier molecular flexibility index (Phi) is 4.51. The van der Waals surface area contributed by atoms with E-state index in [4.69, 9.17) is 4.74 Å². The number of aliphatic hydroxyl groups excluding tert-OH is 2. The maximum absolute atomic E-state index is 14.6. The lowest BCUT2D eigenvalue weighted by Gasteiger charge is -2.23. The third kappa shape index (κ3) is 2.90. The summed E-state index contributed by atoms with van der Waals surface area (Å²) in [6.45, 7) is -0.691. The van der Waals surface area contributed by atoms with Crippen molar-refractivity contribution in [2.45, 2.75) is 24.3 Å². The monoisotopic (exact) mass is 389 g/mol. The molecule has 1 amide bonds.